The van der Waals surface area contributed by atoms with Crippen molar-refractivity contribution in [1.29, 1.82) is 0 Å². The number of carbonyl (C=O) groups is 1. The molecule has 1 atom stereocenters. The van der Waals surface area contributed by atoms with Crippen molar-refractivity contribution in [2.75, 3.05) is 13.7 Å². The van der Waals surface area contributed by atoms with E-state index in [4.69, 9.17) is 4.74 Å². The maximum absolute atomic E-state index is 13.0. The van der Waals surface area contributed by atoms with Crippen molar-refractivity contribution in [1.82, 2.24) is 20.5 Å². The van der Waals surface area contributed by atoms with Crippen LogP contribution in [0.5, 0.6) is 5.75 Å². The second-order valence-corrected chi connectivity index (χ2v) is 8.06. The number of amides is 1. The Balaban J connectivity index is 1.44. The predicted octanol–water partition coefficient (Wildman–Crippen LogP) is 4.34. The summed E-state index contributed by atoms with van der Waals surface area (Å²) in [5, 5.41) is 11.7. The summed E-state index contributed by atoms with van der Waals surface area (Å²) in [5.41, 5.74) is 6.10. The molecule has 1 unspecified atom stereocenters. The van der Waals surface area contributed by atoms with Crippen LogP contribution >= 0.6 is 0 Å². The molecule has 5 rings (SSSR count). The molecule has 31 heavy (non-hydrogen) atoms. The second kappa shape index (κ2) is 8.30. The number of H-pyrrole nitrogens is 2. The summed E-state index contributed by atoms with van der Waals surface area (Å²) in [5.74, 6) is 0.701. The molecule has 0 fully saturated rings. The molecule has 2 heterocycles. The minimum absolute atomic E-state index is 0.000717. The number of rotatable bonds is 6. The van der Waals surface area contributed by atoms with Gasteiger partial charge in [-0.3, -0.25) is 9.89 Å². The molecule has 0 saturated heterocycles. The van der Waals surface area contributed by atoms with E-state index in [1.54, 1.807) is 7.11 Å². The van der Waals surface area contributed by atoms with E-state index >= 15 is 0 Å². The van der Waals surface area contributed by atoms with E-state index in [1.807, 2.05) is 30.5 Å². The number of aryl methyl sites for hydroxylation is 1. The summed E-state index contributed by atoms with van der Waals surface area (Å²) < 4.78 is 5.32. The number of nitrogens with zero attached hydrogens (tertiary/aromatic N) is 1. The monoisotopic (exact) mass is 414 g/mol. The summed E-state index contributed by atoms with van der Waals surface area (Å²) in [6, 6.07) is 16.3. The first-order valence-electron chi connectivity index (χ1n) is 10.8. The Bertz CT molecular complexity index is 1210. The molecule has 2 aromatic carbocycles. The van der Waals surface area contributed by atoms with Gasteiger partial charge in [-0.1, -0.05) is 30.3 Å². The summed E-state index contributed by atoms with van der Waals surface area (Å²) in [6.07, 6.45) is 6.19. The number of fused-ring (bicyclic) bond motifs is 2. The van der Waals surface area contributed by atoms with Crippen LogP contribution in [0.2, 0.25) is 0 Å². The maximum atomic E-state index is 13.0. The largest absolute Gasteiger partial charge is 0.497 e. The fourth-order valence-corrected chi connectivity index (χ4v) is 4.57. The van der Waals surface area contributed by atoms with Crippen molar-refractivity contribution < 1.29 is 9.53 Å². The topological polar surface area (TPSA) is 82.8 Å². The van der Waals surface area contributed by atoms with Crippen LogP contribution in [-0.4, -0.2) is 34.7 Å². The van der Waals surface area contributed by atoms with Gasteiger partial charge >= 0.3 is 0 Å². The Morgan fingerprint density at radius 3 is 2.77 bits per heavy atom. The lowest BCUT2D eigenvalue weighted by atomic mass is 9.90. The molecule has 0 saturated carbocycles. The number of aromatic nitrogens is 3. The molecule has 158 valence electrons. The standard InChI is InChI=1S/C25H26N4O2/c1-31-17-12-10-16(11-13-17)20(21-15-26-22-8-4-2-6-18(21)22)14-27-25(30)24-19-7-3-5-9-23(19)28-29-24/h2,4,6,8,10-13,15,20,26H,3,5,7,9,14H2,1H3,(H,27,30)(H,28,29). The molecule has 4 aromatic rings. The molecule has 0 spiro atoms. The van der Waals surface area contributed by atoms with E-state index < -0.39 is 0 Å². The lowest BCUT2D eigenvalue weighted by Crippen LogP contribution is -2.30. The van der Waals surface area contributed by atoms with Gasteiger partial charge in [0.2, 0.25) is 0 Å². The first-order valence-corrected chi connectivity index (χ1v) is 10.8. The van der Waals surface area contributed by atoms with Crippen LogP contribution in [0.3, 0.4) is 0 Å². The number of carbonyl (C=O) groups excluding carboxylic acids is 1. The Morgan fingerprint density at radius 2 is 1.94 bits per heavy atom. The molecular weight excluding hydrogens is 388 g/mol. The maximum Gasteiger partial charge on any atom is 0.272 e. The highest BCUT2D eigenvalue weighted by Crippen LogP contribution is 2.31. The van der Waals surface area contributed by atoms with Crippen molar-refractivity contribution in [2.24, 2.45) is 0 Å². The van der Waals surface area contributed by atoms with Crippen LogP contribution in [0.4, 0.5) is 0 Å². The highest BCUT2D eigenvalue weighted by atomic mass is 16.5. The summed E-state index contributed by atoms with van der Waals surface area (Å²) in [6.45, 7) is 0.481. The predicted molar refractivity (Wildman–Crippen MR) is 121 cm³/mol. The normalized spacial score (nSPS) is 14.2. The number of benzene rings is 2. The van der Waals surface area contributed by atoms with Crippen LogP contribution in [0.25, 0.3) is 10.9 Å². The fourth-order valence-electron chi connectivity index (χ4n) is 4.57. The van der Waals surface area contributed by atoms with Crippen molar-refractivity contribution in [2.45, 2.75) is 31.6 Å². The molecule has 0 radical (unpaired) electrons. The van der Waals surface area contributed by atoms with Crippen molar-refractivity contribution in [3.05, 3.63) is 82.8 Å². The number of nitrogens with one attached hydrogen (secondary N) is 3. The van der Waals surface area contributed by atoms with Gasteiger partial charge in [-0.2, -0.15) is 5.10 Å². The smallest absolute Gasteiger partial charge is 0.272 e. The molecule has 1 aliphatic carbocycles. The highest BCUT2D eigenvalue weighted by molar-refractivity contribution is 5.94. The summed E-state index contributed by atoms with van der Waals surface area (Å²) >= 11 is 0. The average Bonchev–Trinajstić information content (AvgIpc) is 3.44. The molecule has 3 N–H and O–H groups in total. The van der Waals surface area contributed by atoms with Crippen LogP contribution in [0, 0.1) is 0 Å². The van der Waals surface area contributed by atoms with Crippen LogP contribution in [0.1, 0.15) is 51.6 Å². The lowest BCUT2D eigenvalue weighted by molar-refractivity contribution is 0.0946. The molecule has 0 bridgehead atoms. The zero-order valence-electron chi connectivity index (χ0n) is 17.6. The van der Waals surface area contributed by atoms with Gasteiger partial charge < -0.3 is 15.0 Å². The van der Waals surface area contributed by atoms with Crippen LogP contribution in [-0.2, 0) is 12.8 Å². The van der Waals surface area contributed by atoms with E-state index in [9.17, 15) is 4.79 Å². The summed E-state index contributed by atoms with van der Waals surface area (Å²) in [7, 11) is 1.66. The van der Waals surface area contributed by atoms with E-state index in [0.29, 0.717) is 12.2 Å². The SMILES string of the molecule is COc1ccc(C(CNC(=O)c2n[nH]c3c2CCCC3)c2c[nH]c3ccccc23)cc1. The van der Waals surface area contributed by atoms with Crippen molar-refractivity contribution >= 4 is 16.8 Å². The Morgan fingerprint density at radius 1 is 1.13 bits per heavy atom. The Hall–Kier alpha value is -3.54. The molecule has 0 aliphatic heterocycles. The van der Waals surface area contributed by atoms with Crippen LogP contribution < -0.4 is 10.1 Å². The number of methoxy groups -OCH3 is 1. The number of para-hydroxylation sites is 1. The minimum Gasteiger partial charge on any atom is -0.497 e. The minimum atomic E-state index is -0.113. The molecule has 6 heteroatoms. The van der Waals surface area contributed by atoms with Gasteiger partial charge in [0.15, 0.2) is 5.69 Å². The van der Waals surface area contributed by atoms with Gasteiger partial charge in [0, 0.05) is 40.8 Å². The van der Waals surface area contributed by atoms with Gasteiger partial charge in [-0.15, -0.1) is 0 Å². The van der Waals surface area contributed by atoms with Gasteiger partial charge in [-0.25, -0.2) is 0 Å². The first-order chi connectivity index (χ1) is 15.2. The van der Waals surface area contributed by atoms with E-state index in [0.717, 1.165) is 64.7 Å². The van der Waals surface area contributed by atoms with E-state index in [1.165, 1.54) is 0 Å². The van der Waals surface area contributed by atoms with E-state index in [-0.39, 0.29) is 11.8 Å². The lowest BCUT2D eigenvalue weighted by Gasteiger charge is -2.19. The van der Waals surface area contributed by atoms with Crippen molar-refractivity contribution in [3.63, 3.8) is 0 Å². The quantitative estimate of drug-likeness (QED) is 0.439. The van der Waals surface area contributed by atoms with Crippen LogP contribution in [0.15, 0.2) is 54.7 Å². The average molecular weight is 415 g/mol. The van der Waals surface area contributed by atoms with E-state index in [2.05, 4.69) is 44.8 Å². The zero-order chi connectivity index (χ0) is 21.2. The molecule has 1 amide bonds. The third-order valence-electron chi connectivity index (χ3n) is 6.25. The molecule has 6 nitrogen and oxygen atoms in total. The number of ether oxygens (including phenoxy) is 1. The third-order valence-corrected chi connectivity index (χ3v) is 6.25. The zero-order valence-corrected chi connectivity index (χ0v) is 17.6. The number of hydrogen-bond acceptors (Lipinski definition) is 3. The first kappa shape index (κ1) is 19.4. The molecule has 2 aromatic heterocycles. The third kappa shape index (κ3) is 3.69. The number of aromatic amines is 2. The fraction of sp³-hybridized carbons (Fsp3) is 0.280. The molecule has 1 aliphatic rings. The number of hydrogen-bond donors (Lipinski definition) is 3. The highest BCUT2D eigenvalue weighted by Gasteiger charge is 2.24. The second-order valence-electron chi connectivity index (χ2n) is 8.06. The van der Waals surface area contributed by atoms with Gasteiger partial charge in [0.05, 0.1) is 7.11 Å². The van der Waals surface area contributed by atoms with Gasteiger partial charge in [-0.05, 0) is 55.0 Å². The Labute approximate surface area is 181 Å². The van der Waals surface area contributed by atoms with Gasteiger partial charge in [0.1, 0.15) is 5.75 Å². The molecular formula is C25H26N4O2. The van der Waals surface area contributed by atoms with Crippen molar-refractivity contribution in [3.8, 4) is 5.75 Å². The van der Waals surface area contributed by atoms with Gasteiger partial charge in [0.25, 0.3) is 5.91 Å². The summed E-state index contributed by atoms with van der Waals surface area (Å²) in [4.78, 5) is 16.4. The Kier molecular flexibility index (Phi) is 5.20.